The minimum atomic E-state index is 0.198. The van der Waals surface area contributed by atoms with Gasteiger partial charge in [-0.1, -0.05) is 0 Å². The normalized spacial score (nSPS) is 17.2. The van der Waals surface area contributed by atoms with Gasteiger partial charge in [-0.25, -0.2) is 4.98 Å². The van der Waals surface area contributed by atoms with Gasteiger partial charge in [-0.3, -0.25) is 0 Å². The topological polar surface area (TPSA) is 38.1 Å². The van der Waals surface area contributed by atoms with Crippen molar-refractivity contribution in [1.82, 2.24) is 9.55 Å². The average Bonchev–Trinajstić information content (AvgIpc) is 2.75. The van der Waals surface area contributed by atoms with Gasteiger partial charge in [0.1, 0.15) is 5.82 Å². The van der Waals surface area contributed by atoms with Gasteiger partial charge in [0, 0.05) is 24.9 Å². The molecule has 1 fully saturated rings. The minimum Gasteiger partial charge on any atom is -0.396 e. The van der Waals surface area contributed by atoms with Gasteiger partial charge in [0.05, 0.1) is 6.61 Å². The van der Waals surface area contributed by atoms with Gasteiger partial charge in [0.15, 0.2) is 0 Å². The maximum Gasteiger partial charge on any atom is 0.111 e. The maximum atomic E-state index is 8.71. The lowest BCUT2D eigenvalue weighted by atomic mass is 10.4. The molecule has 0 bridgehead atoms. The Labute approximate surface area is 65.7 Å². The summed E-state index contributed by atoms with van der Waals surface area (Å²) in [6.07, 6.45) is 7.04. The van der Waals surface area contributed by atoms with Crippen LogP contribution in [0.4, 0.5) is 0 Å². The highest BCUT2D eigenvalue weighted by atomic mass is 16.3. The van der Waals surface area contributed by atoms with Gasteiger partial charge in [-0.05, 0) is 12.8 Å². The fourth-order valence-corrected chi connectivity index (χ4v) is 1.32. The summed E-state index contributed by atoms with van der Waals surface area (Å²) in [5, 5.41) is 8.71. The van der Waals surface area contributed by atoms with Crippen LogP contribution in [0.15, 0.2) is 12.4 Å². The van der Waals surface area contributed by atoms with Crippen molar-refractivity contribution in [1.29, 1.82) is 0 Å². The molecule has 1 aromatic rings. The van der Waals surface area contributed by atoms with Crippen LogP contribution in [-0.2, 0) is 6.42 Å². The largest absolute Gasteiger partial charge is 0.396 e. The van der Waals surface area contributed by atoms with Crippen molar-refractivity contribution in [3.05, 3.63) is 18.2 Å². The van der Waals surface area contributed by atoms with Crippen LogP contribution in [0.3, 0.4) is 0 Å². The summed E-state index contributed by atoms with van der Waals surface area (Å²) in [4.78, 5) is 4.17. The van der Waals surface area contributed by atoms with Gasteiger partial charge in [-0.15, -0.1) is 0 Å². The molecule has 3 nitrogen and oxygen atoms in total. The van der Waals surface area contributed by atoms with Crippen LogP contribution in [0, 0.1) is 0 Å². The third-order valence-corrected chi connectivity index (χ3v) is 2.02. The first-order valence-corrected chi connectivity index (χ1v) is 4.04. The predicted molar refractivity (Wildman–Crippen MR) is 41.3 cm³/mol. The van der Waals surface area contributed by atoms with E-state index in [9.17, 15) is 0 Å². The fraction of sp³-hybridized carbons (Fsp3) is 0.625. The van der Waals surface area contributed by atoms with Gasteiger partial charge < -0.3 is 9.67 Å². The highest BCUT2D eigenvalue weighted by molar-refractivity contribution is 4.99. The lowest BCUT2D eigenvalue weighted by Gasteiger charge is -2.02. The molecule has 0 atom stereocenters. The van der Waals surface area contributed by atoms with E-state index in [2.05, 4.69) is 9.55 Å². The smallest absolute Gasteiger partial charge is 0.111 e. The van der Waals surface area contributed by atoms with Crippen molar-refractivity contribution in [3.8, 4) is 0 Å². The third-order valence-electron chi connectivity index (χ3n) is 2.02. The van der Waals surface area contributed by atoms with Crippen LogP contribution in [-0.4, -0.2) is 21.3 Å². The van der Waals surface area contributed by atoms with E-state index < -0.39 is 0 Å². The SMILES string of the molecule is OCCc1nccn1C1CC1. The highest BCUT2D eigenvalue weighted by Crippen LogP contribution is 2.35. The number of aliphatic hydroxyl groups is 1. The molecule has 1 saturated carbocycles. The Morgan fingerprint density at radius 1 is 1.64 bits per heavy atom. The molecule has 3 heteroatoms. The average molecular weight is 152 g/mol. The van der Waals surface area contributed by atoms with Crippen molar-refractivity contribution in [3.63, 3.8) is 0 Å². The number of rotatable bonds is 3. The lowest BCUT2D eigenvalue weighted by molar-refractivity contribution is 0.294. The molecule has 1 aromatic heterocycles. The van der Waals surface area contributed by atoms with Gasteiger partial charge in [0.25, 0.3) is 0 Å². The summed E-state index contributed by atoms with van der Waals surface area (Å²) in [5.74, 6) is 1.02. The summed E-state index contributed by atoms with van der Waals surface area (Å²) in [6, 6.07) is 0.680. The number of nitrogens with zero attached hydrogens (tertiary/aromatic N) is 2. The summed E-state index contributed by atoms with van der Waals surface area (Å²) in [6.45, 7) is 0.198. The van der Waals surface area contributed by atoms with Gasteiger partial charge in [-0.2, -0.15) is 0 Å². The Morgan fingerprint density at radius 2 is 2.45 bits per heavy atom. The second-order valence-corrected chi connectivity index (χ2v) is 2.96. The van der Waals surface area contributed by atoms with Gasteiger partial charge >= 0.3 is 0 Å². The molecule has 1 heterocycles. The molecule has 0 saturated heterocycles. The van der Waals surface area contributed by atoms with E-state index in [1.807, 2.05) is 12.4 Å². The minimum absolute atomic E-state index is 0.198. The Balaban J connectivity index is 2.16. The van der Waals surface area contributed by atoms with E-state index in [0.29, 0.717) is 12.5 Å². The van der Waals surface area contributed by atoms with Crippen LogP contribution >= 0.6 is 0 Å². The molecule has 1 aliphatic carbocycles. The second kappa shape index (κ2) is 2.66. The number of hydrogen-bond acceptors (Lipinski definition) is 2. The molecule has 1 N–H and O–H groups in total. The van der Waals surface area contributed by atoms with Crippen LogP contribution in [0.1, 0.15) is 24.7 Å². The van der Waals surface area contributed by atoms with E-state index in [1.165, 1.54) is 12.8 Å². The van der Waals surface area contributed by atoms with Crippen LogP contribution in [0.25, 0.3) is 0 Å². The molecule has 0 unspecified atom stereocenters. The van der Waals surface area contributed by atoms with Crippen LogP contribution in [0.5, 0.6) is 0 Å². The molecule has 0 aromatic carbocycles. The standard InChI is InChI=1S/C8H12N2O/c11-6-3-8-9-4-5-10(8)7-1-2-7/h4-5,7,11H,1-3,6H2. The molecule has 0 spiro atoms. The summed E-state index contributed by atoms with van der Waals surface area (Å²) < 4.78 is 2.18. The van der Waals surface area contributed by atoms with Crippen LogP contribution < -0.4 is 0 Å². The van der Waals surface area contributed by atoms with Crippen molar-refractivity contribution >= 4 is 0 Å². The fourth-order valence-electron chi connectivity index (χ4n) is 1.32. The van der Waals surface area contributed by atoms with Gasteiger partial charge in [0.2, 0.25) is 0 Å². The zero-order chi connectivity index (χ0) is 7.68. The van der Waals surface area contributed by atoms with Crippen LogP contribution in [0.2, 0.25) is 0 Å². The first-order valence-electron chi connectivity index (χ1n) is 4.04. The molecule has 0 aliphatic heterocycles. The van der Waals surface area contributed by atoms with Crippen molar-refractivity contribution in [2.45, 2.75) is 25.3 Å². The summed E-state index contributed by atoms with van der Waals surface area (Å²) >= 11 is 0. The molecule has 2 rings (SSSR count). The lowest BCUT2D eigenvalue weighted by Crippen LogP contribution is -2.02. The van der Waals surface area contributed by atoms with E-state index in [4.69, 9.17) is 5.11 Å². The summed E-state index contributed by atoms with van der Waals surface area (Å²) in [7, 11) is 0. The first-order chi connectivity index (χ1) is 5.42. The number of imidazole rings is 1. The Hall–Kier alpha value is -0.830. The quantitative estimate of drug-likeness (QED) is 0.694. The van der Waals surface area contributed by atoms with E-state index in [1.54, 1.807) is 0 Å². The summed E-state index contributed by atoms with van der Waals surface area (Å²) in [5.41, 5.74) is 0. The van der Waals surface area contributed by atoms with Crippen molar-refractivity contribution < 1.29 is 5.11 Å². The van der Waals surface area contributed by atoms with Crippen molar-refractivity contribution in [2.24, 2.45) is 0 Å². The number of aliphatic hydroxyl groups excluding tert-OH is 1. The zero-order valence-corrected chi connectivity index (χ0v) is 6.40. The van der Waals surface area contributed by atoms with E-state index >= 15 is 0 Å². The molecule has 0 amide bonds. The Kier molecular flexibility index (Phi) is 1.66. The molecular weight excluding hydrogens is 140 g/mol. The van der Waals surface area contributed by atoms with E-state index in [0.717, 1.165) is 5.82 Å². The molecular formula is C8H12N2O. The molecule has 0 radical (unpaired) electrons. The Morgan fingerprint density at radius 3 is 3.09 bits per heavy atom. The third kappa shape index (κ3) is 1.28. The number of aromatic nitrogens is 2. The zero-order valence-electron chi connectivity index (χ0n) is 6.40. The van der Waals surface area contributed by atoms with Crippen molar-refractivity contribution in [2.75, 3.05) is 6.61 Å². The molecule has 60 valence electrons. The maximum absolute atomic E-state index is 8.71. The number of hydrogen-bond donors (Lipinski definition) is 1. The van der Waals surface area contributed by atoms with E-state index in [-0.39, 0.29) is 6.61 Å². The first kappa shape index (κ1) is 6.85. The second-order valence-electron chi connectivity index (χ2n) is 2.96. The molecule has 1 aliphatic rings. The highest BCUT2D eigenvalue weighted by Gasteiger charge is 2.24. The monoisotopic (exact) mass is 152 g/mol. The Bertz CT molecular complexity index is 240. The predicted octanol–water partition coefficient (Wildman–Crippen LogP) is 0.753. The molecule has 11 heavy (non-hydrogen) atoms.